The SMILES string of the molecule is CCCCC(CC)Cc1ccc(-c2c3cc(-c4cc[c]([Sn]([CH3])([CH3])[CH3])s4)sc3c(-c3ccc(CC(CC)CCCC)s3)c3cc(-c4cc[c]([Sn]([CH3])([CH3])[CH3])s4)sc23)s1. The van der Waals surface area contributed by atoms with E-state index in [0.29, 0.717) is 0 Å². The number of hydrogen-bond acceptors (Lipinski definition) is 6. The number of fused-ring (bicyclic) bond motifs is 2. The van der Waals surface area contributed by atoms with Crippen LogP contribution >= 0.6 is 68.0 Å². The fourth-order valence-corrected chi connectivity index (χ4v) is 25.7. The Morgan fingerprint density at radius 3 is 1.18 bits per heavy atom. The Hall–Kier alpha value is -0.463. The maximum atomic E-state index is 2.60. The third kappa shape index (κ3) is 9.68. The van der Waals surface area contributed by atoms with Gasteiger partial charge in [0.1, 0.15) is 0 Å². The first kappa shape index (κ1) is 43.6. The number of benzene rings is 1. The van der Waals surface area contributed by atoms with Gasteiger partial charge in [-0.3, -0.25) is 0 Å². The normalized spacial score (nSPS) is 13.8. The van der Waals surface area contributed by atoms with Crippen molar-refractivity contribution < 1.29 is 0 Å². The van der Waals surface area contributed by atoms with Crippen LogP contribution in [0.5, 0.6) is 0 Å². The molecule has 0 spiro atoms. The van der Waals surface area contributed by atoms with Crippen molar-refractivity contribution in [3.05, 3.63) is 70.4 Å². The number of unbranched alkanes of at least 4 members (excludes halogenated alkanes) is 2. The first-order valence-electron chi connectivity index (χ1n) is 21.2. The third-order valence-corrected chi connectivity index (χ3v) is 37.6. The van der Waals surface area contributed by atoms with Crippen molar-refractivity contribution in [2.75, 3.05) is 0 Å². The molecule has 0 bridgehead atoms. The van der Waals surface area contributed by atoms with E-state index in [0.717, 1.165) is 11.8 Å². The van der Waals surface area contributed by atoms with Crippen LogP contribution in [0.1, 0.15) is 88.8 Å². The summed E-state index contributed by atoms with van der Waals surface area (Å²) < 4.78 is 6.30. The number of hydrogen-bond donors (Lipinski definition) is 0. The van der Waals surface area contributed by atoms with E-state index in [9.17, 15) is 0 Å². The van der Waals surface area contributed by atoms with Crippen LogP contribution in [-0.2, 0) is 12.8 Å². The van der Waals surface area contributed by atoms with Gasteiger partial charge in [0, 0.05) is 0 Å². The molecule has 0 nitrogen and oxygen atoms in total. The monoisotopic (exact) mass is 1070 g/mol. The molecule has 0 aliphatic carbocycles. The second kappa shape index (κ2) is 18.7. The van der Waals surface area contributed by atoms with Crippen molar-refractivity contribution in [1.82, 2.24) is 0 Å². The Labute approximate surface area is 370 Å². The summed E-state index contributed by atoms with van der Waals surface area (Å²) in [5.41, 5.74) is 2.97. The number of thiophene rings is 6. The maximum absolute atomic E-state index is 2.60. The Kier molecular flexibility index (Phi) is 14.5. The molecule has 7 rings (SSSR count). The Morgan fingerprint density at radius 1 is 0.446 bits per heavy atom. The van der Waals surface area contributed by atoms with Gasteiger partial charge in [0.2, 0.25) is 0 Å². The van der Waals surface area contributed by atoms with Crippen LogP contribution in [0.15, 0.2) is 60.7 Å². The van der Waals surface area contributed by atoms with Gasteiger partial charge in [0.15, 0.2) is 0 Å². The van der Waals surface area contributed by atoms with Crippen molar-refractivity contribution in [3.8, 4) is 40.4 Å². The van der Waals surface area contributed by atoms with Crippen molar-refractivity contribution in [3.63, 3.8) is 0 Å². The molecule has 1 aromatic carbocycles. The van der Waals surface area contributed by atoms with Crippen LogP contribution in [0.25, 0.3) is 60.6 Å². The zero-order valence-corrected chi connectivity index (χ0v) is 46.1. The molecule has 7 aromatic rings. The van der Waals surface area contributed by atoms with E-state index in [-0.39, 0.29) is 0 Å². The zero-order valence-electron chi connectivity index (χ0n) is 35.4. The zero-order chi connectivity index (χ0) is 39.8. The molecule has 8 heteroatoms. The Bertz CT molecular complexity index is 2150. The summed E-state index contributed by atoms with van der Waals surface area (Å²) in [6.07, 6.45) is 12.9. The minimum absolute atomic E-state index is 0.773. The molecule has 0 saturated heterocycles. The van der Waals surface area contributed by atoms with E-state index < -0.39 is 36.8 Å². The summed E-state index contributed by atoms with van der Waals surface area (Å²) in [6, 6.07) is 24.9. The molecular weight excluding hydrogens is 1010 g/mol. The van der Waals surface area contributed by atoms with Crippen molar-refractivity contribution in [2.45, 2.75) is 122 Å². The molecule has 298 valence electrons. The van der Waals surface area contributed by atoms with Crippen LogP contribution in [0.2, 0.25) is 29.6 Å². The average Bonchev–Trinajstić information content (AvgIpc) is 4.00. The van der Waals surface area contributed by atoms with E-state index in [1.54, 1.807) is 15.5 Å². The number of rotatable bonds is 18. The predicted octanol–water partition coefficient (Wildman–Crippen LogP) is 17.6. The van der Waals surface area contributed by atoms with Gasteiger partial charge >= 0.3 is 296 Å². The molecule has 56 heavy (non-hydrogen) atoms. The molecule has 0 amide bonds. The van der Waals surface area contributed by atoms with E-state index in [1.165, 1.54) is 125 Å². The topological polar surface area (TPSA) is 0 Å². The predicted molar refractivity (Wildman–Crippen MR) is 270 cm³/mol. The van der Waals surface area contributed by atoms with E-state index in [1.807, 2.05) is 0 Å². The van der Waals surface area contributed by atoms with Gasteiger partial charge in [-0.05, 0) is 0 Å². The first-order chi connectivity index (χ1) is 26.8. The van der Waals surface area contributed by atoms with Gasteiger partial charge in [-0.2, -0.15) is 0 Å². The Morgan fingerprint density at radius 2 is 0.839 bits per heavy atom. The fourth-order valence-electron chi connectivity index (χ4n) is 7.95. The van der Waals surface area contributed by atoms with Crippen LogP contribution in [0.3, 0.4) is 0 Å². The molecule has 6 aromatic heterocycles. The third-order valence-electron chi connectivity index (χ3n) is 11.5. The summed E-state index contributed by atoms with van der Waals surface area (Å²) in [5.74, 6) is 1.55. The van der Waals surface area contributed by atoms with E-state index >= 15 is 0 Å². The van der Waals surface area contributed by atoms with Crippen molar-refractivity contribution in [1.29, 1.82) is 0 Å². The second-order valence-electron chi connectivity index (χ2n) is 18.1. The summed E-state index contributed by atoms with van der Waals surface area (Å²) in [4.78, 5) is 27.1. The molecule has 0 aliphatic heterocycles. The van der Waals surface area contributed by atoms with Crippen LogP contribution in [-0.4, -0.2) is 36.8 Å². The van der Waals surface area contributed by atoms with Gasteiger partial charge in [0.25, 0.3) is 0 Å². The fraction of sp³-hybridized carbons (Fsp3) is 0.458. The van der Waals surface area contributed by atoms with Crippen LogP contribution < -0.4 is 5.79 Å². The van der Waals surface area contributed by atoms with Crippen molar-refractivity contribution >= 4 is 131 Å². The molecule has 0 saturated carbocycles. The molecule has 0 N–H and O–H groups in total. The van der Waals surface area contributed by atoms with Gasteiger partial charge in [-0.25, -0.2) is 0 Å². The molecule has 6 heterocycles. The van der Waals surface area contributed by atoms with E-state index in [2.05, 4.69) is 186 Å². The molecule has 0 aliphatic rings. The Balaban J connectivity index is 1.45. The second-order valence-corrected chi connectivity index (χ2v) is 55.5. The molecule has 2 unspecified atom stereocenters. The average molecular weight is 1070 g/mol. The van der Waals surface area contributed by atoms with Gasteiger partial charge < -0.3 is 0 Å². The van der Waals surface area contributed by atoms with E-state index in [4.69, 9.17) is 0 Å². The van der Waals surface area contributed by atoms with Gasteiger partial charge in [0.05, 0.1) is 0 Å². The first-order valence-corrected chi connectivity index (χ1v) is 46.1. The van der Waals surface area contributed by atoms with Crippen molar-refractivity contribution in [2.24, 2.45) is 11.8 Å². The van der Waals surface area contributed by atoms with Crippen LogP contribution in [0.4, 0.5) is 0 Å². The summed E-state index contributed by atoms with van der Waals surface area (Å²) in [7, 11) is 0. The molecular formula is C48H62S6Sn2. The van der Waals surface area contributed by atoms with Gasteiger partial charge in [-0.15, -0.1) is 0 Å². The standard InChI is InChI=1S/C42H44S6.6CH3.2Sn/c1-5-9-13-27(7-3)23-29-17-19-35(45-29)39-31-25-37(33-15-11-21-43-33)48-42(31)40(32-26-38(47-41(32)39)34-16-12-22-44-34)36-20-18-30(46-36)24-28(8-4)14-10-6-2;;;;;;;;/h11-12,15-20,25-28H,5-10,13-14,23-24H2,1-4H3;6*1H3;;. The summed E-state index contributed by atoms with van der Waals surface area (Å²) in [5, 5.41) is 2.92. The van der Waals surface area contributed by atoms with Gasteiger partial charge in [-0.1, -0.05) is 79.1 Å². The molecule has 2 atom stereocenters. The molecule has 0 fully saturated rings. The quantitative estimate of drug-likeness (QED) is 0.0752. The van der Waals surface area contributed by atoms with Crippen LogP contribution in [0, 0.1) is 11.8 Å². The minimum atomic E-state index is -2.20. The summed E-state index contributed by atoms with van der Waals surface area (Å²) >= 11 is 8.04. The molecule has 0 radical (unpaired) electrons. The summed E-state index contributed by atoms with van der Waals surface area (Å²) in [6.45, 7) is 9.45.